The van der Waals surface area contributed by atoms with Crippen molar-refractivity contribution < 1.29 is 4.74 Å². The Kier molecular flexibility index (Phi) is 7.36. The molecule has 4 nitrogen and oxygen atoms in total. The summed E-state index contributed by atoms with van der Waals surface area (Å²) in [6, 6.07) is 0. The second-order valence-electron chi connectivity index (χ2n) is 2.24. The average molecular weight is 230 g/mol. The number of anilines is 1. The highest BCUT2D eigenvalue weighted by Gasteiger charge is 1.98. The van der Waals surface area contributed by atoms with Gasteiger partial charge in [0.15, 0.2) is 0 Å². The van der Waals surface area contributed by atoms with Crippen LogP contribution in [0.25, 0.3) is 6.08 Å². The molecule has 1 rings (SSSR count). The first-order valence-electron chi connectivity index (χ1n) is 4.80. The Morgan fingerprint density at radius 1 is 1.53 bits per heavy atom. The molecule has 0 atom stereocenters. The third kappa shape index (κ3) is 5.22. The molecule has 5 heteroatoms. The fraction of sp³-hybridized carbons (Fsp3) is 0.400. The van der Waals surface area contributed by atoms with Crippen LogP contribution < -0.4 is 5.73 Å². The molecule has 1 aromatic rings. The molecule has 0 saturated heterocycles. The highest BCUT2D eigenvalue weighted by molar-refractivity contribution is 6.28. The van der Waals surface area contributed by atoms with Crippen LogP contribution in [0.2, 0.25) is 5.28 Å². The molecule has 0 aliphatic heterocycles. The zero-order chi connectivity index (χ0) is 11.7. The van der Waals surface area contributed by atoms with Crippen molar-refractivity contribution in [2.75, 3.05) is 12.3 Å². The molecule has 0 bridgehead atoms. The summed E-state index contributed by atoms with van der Waals surface area (Å²) >= 11 is 5.52. The van der Waals surface area contributed by atoms with Crippen molar-refractivity contribution in [3.63, 3.8) is 0 Å². The zero-order valence-electron chi connectivity index (χ0n) is 9.20. The third-order valence-electron chi connectivity index (χ3n) is 1.33. The van der Waals surface area contributed by atoms with Crippen LogP contribution in [0, 0.1) is 0 Å². The summed E-state index contributed by atoms with van der Waals surface area (Å²) in [7, 11) is 0. The number of nitrogen functional groups attached to an aromatic ring is 1. The van der Waals surface area contributed by atoms with Crippen LogP contribution in [-0.4, -0.2) is 16.6 Å². The lowest BCUT2D eigenvalue weighted by Crippen LogP contribution is -1.95. The molecule has 0 aliphatic rings. The molecule has 0 unspecified atom stereocenters. The molecule has 0 aliphatic carbocycles. The first kappa shape index (κ1) is 13.7. The van der Waals surface area contributed by atoms with Crippen molar-refractivity contribution in [2.24, 2.45) is 0 Å². The number of rotatable bonds is 3. The third-order valence-corrected chi connectivity index (χ3v) is 1.51. The molecular formula is C10H16ClN3O. The van der Waals surface area contributed by atoms with E-state index in [0.29, 0.717) is 18.0 Å². The van der Waals surface area contributed by atoms with Gasteiger partial charge in [0.25, 0.3) is 0 Å². The van der Waals surface area contributed by atoms with E-state index in [9.17, 15) is 0 Å². The summed E-state index contributed by atoms with van der Waals surface area (Å²) in [5.41, 5.74) is 6.25. The number of halogens is 1. The van der Waals surface area contributed by atoms with E-state index in [1.54, 1.807) is 18.5 Å². The molecule has 0 fully saturated rings. The number of hydrogen-bond acceptors (Lipinski definition) is 4. The van der Waals surface area contributed by atoms with Gasteiger partial charge < -0.3 is 10.5 Å². The minimum Gasteiger partial charge on any atom is -0.501 e. The van der Waals surface area contributed by atoms with Gasteiger partial charge in [0, 0.05) is 11.8 Å². The highest BCUT2D eigenvalue weighted by atomic mass is 35.5. The highest BCUT2D eigenvalue weighted by Crippen LogP contribution is 2.11. The van der Waals surface area contributed by atoms with E-state index in [4.69, 9.17) is 22.1 Å². The van der Waals surface area contributed by atoms with Crippen molar-refractivity contribution in [2.45, 2.75) is 20.8 Å². The van der Waals surface area contributed by atoms with Crippen molar-refractivity contribution in [3.05, 3.63) is 23.3 Å². The van der Waals surface area contributed by atoms with Crippen LogP contribution in [0.15, 0.2) is 12.5 Å². The van der Waals surface area contributed by atoms with Crippen LogP contribution in [-0.2, 0) is 4.74 Å². The van der Waals surface area contributed by atoms with Gasteiger partial charge in [0.2, 0.25) is 5.28 Å². The predicted octanol–water partition coefficient (Wildman–Crippen LogP) is 2.75. The van der Waals surface area contributed by atoms with Gasteiger partial charge in [-0.3, -0.25) is 0 Å². The van der Waals surface area contributed by atoms with Gasteiger partial charge >= 0.3 is 0 Å². The minimum atomic E-state index is 0.144. The Bertz CT molecular complexity index is 316. The van der Waals surface area contributed by atoms with Gasteiger partial charge in [-0.05, 0) is 24.6 Å². The summed E-state index contributed by atoms with van der Waals surface area (Å²) in [6.45, 7) is 6.51. The predicted molar refractivity (Wildman–Crippen MR) is 63.5 cm³/mol. The quantitative estimate of drug-likeness (QED) is 0.640. The smallest absolute Gasteiger partial charge is 0.224 e. The Morgan fingerprint density at radius 3 is 2.73 bits per heavy atom. The number of ether oxygens (including phenoxy) is 1. The Morgan fingerprint density at radius 2 is 2.20 bits per heavy atom. The van der Waals surface area contributed by atoms with Crippen LogP contribution in [0.5, 0.6) is 0 Å². The topological polar surface area (TPSA) is 61.0 Å². The van der Waals surface area contributed by atoms with Crippen molar-refractivity contribution >= 4 is 23.5 Å². The number of hydrogen-bond donors (Lipinski definition) is 1. The lowest BCUT2D eigenvalue weighted by Gasteiger charge is -1.98. The van der Waals surface area contributed by atoms with E-state index in [-0.39, 0.29) is 5.28 Å². The lowest BCUT2D eigenvalue weighted by molar-refractivity contribution is 0.272. The average Bonchev–Trinajstić information content (AvgIpc) is 2.24. The molecule has 0 amide bonds. The fourth-order valence-corrected chi connectivity index (χ4v) is 0.868. The number of nitrogens with zero attached hydrogens (tertiary/aromatic N) is 2. The van der Waals surface area contributed by atoms with E-state index < -0.39 is 0 Å². The first-order chi connectivity index (χ1) is 7.24. The lowest BCUT2D eigenvalue weighted by atomic mass is 10.3. The van der Waals surface area contributed by atoms with Gasteiger partial charge in [-0.25, -0.2) is 9.97 Å². The van der Waals surface area contributed by atoms with Gasteiger partial charge in [-0.2, -0.15) is 0 Å². The summed E-state index contributed by atoms with van der Waals surface area (Å²) in [5, 5.41) is 0.144. The second kappa shape index (κ2) is 8.05. The number of nitrogens with two attached hydrogens (primary N) is 1. The maximum absolute atomic E-state index is 5.56. The van der Waals surface area contributed by atoms with Crippen molar-refractivity contribution in [3.8, 4) is 0 Å². The standard InChI is InChI=1S/C8H10ClN3O.C2H6/c1-2-13-4-3-6-5-11-8(9)12-7(6)10;1-2/h3-5H,2H2,1H3,(H2,10,11,12);1-2H3/b4-3+;. The molecule has 0 radical (unpaired) electrons. The summed E-state index contributed by atoms with van der Waals surface area (Å²) in [5.74, 6) is 0.343. The first-order valence-corrected chi connectivity index (χ1v) is 5.18. The Balaban J connectivity index is 0.000000921. The van der Waals surface area contributed by atoms with Crippen LogP contribution in [0.4, 0.5) is 5.82 Å². The van der Waals surface area contributed by atoms with E-state index in [2.05, 4.69) is 9.97 Å². The summed E-state index contributed by atoms with van der Waals surface area (Å²) < 4.78 is 5.00. The molecule has 1 aromatic heterocycles. The van der Waals surface area contributed by atoms with E-state index in [1.807, 2.05) is 20.8 Å². The molecule has 0 spiro atoms. The second-order valence-corrected chi connectivity index (χ2v) is 2.58. The number of aromatic nitrogens is 2. The maximum atomic E-state index is 5.56. The van der Waals surface area contributed by atoms with Crippen LogP contribution in [0.1, 0.15) is 26.3 Å². The minimum absolute atomic E-state index is 0.144. The fourth-order valence-electron chi connectivity index (χ4n) is 0.728. The van der Waals surface area contributed by atoms with Gasteiger partial charge in [-0.15, -0.1) is 0 Å². The molecule has 84 valence electrons. The van der Waals surface area contributed by atoms with E-state index in [0.717, 1.165) is 0 Å². The van der Waals surface area contributed by atoms with Gasteiger partial charge in [0.05, 0.1) is 12.9 Å². The van der Waals surface area contributed by atoms with Gasteiger partial charge in [-0.1, -0.05) is 13.8 Å². The molecule has 2 N–H and O–H groups in total. The zero-order valence-corrected chi connectivity index (χ0v) is 9.95. The molecular weight excluding hydrogens is 214 g/mol. The monoisotopic (exact) mass is 229 g/mol. The maximum Gasteiger partial charge on any atom is 0.224 e. The normalized spacial score (nSPS) is 9.60. The SMILES string of the molecule is CC.CCO/C=C/c1cnc(Cl)nc1N. The summed E-state index contributed by atoms with van der Waals surface area (Å²) in [4.78, 5) is 7.56. The largest absolute Gasteiger partial charge is 0.501 e. The van der Waals surface area contributed by atoms with Crippen molar-refractivity contribution in [1.29, 1.82) is 0 Å². The molecule has 15 heavy (non-hydrogen) atoms. The molecule has 0 aromatic carbocycles. The van der Waals surface area contributed by atoms with Crippen molar-refractivity contribution in [1.82, 2.24) is 9.97 Å². The van der Waals surface area contributed by atoms with E-state index >= 15 is 0 Å². The van der Waals surface area contributed by atoms with Crippen LogP contribution in [0.3, 0.4) is 0 Å². The molecule has 0 saturated carbocycles. The Hall–Kier alpha value is -1.29. The Labute approximate surface area is 95.1 Å². The summed E-state index contributed by atoms with van der Waals surface area (Å²) in [6.07, 6.45) is 4.78. The van der Waals surface area contributed by atoms with E-state index in [1.165, 1.54) is 0 Å². The van der Waals surface area contributed by atoms with Gasteiger partial charge in [0.1, 0.15) is 5.82 Å². The van der Waals surface area contributed by atoms with Crippen LogP contribution >= 0.6 is 11.6 Å². The molecule has 1 heterocycles.